The number of benzene rings is 3. The van der Waals surface area contributed by atoms with Crippen molar-refractivity contribution in [2.75, 3.05) is 0 Å². The van der Waals surface area contributed by atoms with Gasteiger partial charge in [-0.05, 0) is 48.0 Å². The highest BCUT2D eigenvalue weighted by molar-refractivity contribution is 5.91. The Hall–Kier alpha value is -4.52. The lowest BCUT2D eigenvalue weighted by atomic mass is 10.1. The molecule has 0 aliphatic rings. The summed E-state index contributed by atoms with van der Waals surface area (Å²) >= 11 is 0. The van der Waals surface area contributed by atoms with Crippen LogP contribution in [0.25, 0.3) is 39.6 Å². The number of hydrogen-bond donors (Lipinski definition) is 1. The van der Waals surface area contributed by atoms with Gasteiger partial charge in [-0.25, -0.2) is 4.98 Å². The largest absolute Gasteiger partial charge is 0.361 e. The van der Waals surface area contributed by atoms with Gasteiger partial charge in [-0.1, -0.05) is 30.3 Å². The molecule has 0 saturated heterocycles. The van der Waals surface area contributed by atoms with E-state index in [1.54, 1.807) is 36.4 Å². The maximum atomic E-state index is 13.3. The standard InChI is InChI=1S/C24H16N4O3/c29-24-20-6-2-4-8-22(20)26-23(27(24)17-10-12-18(13-11-17)28(30)31)14-9-16-15-25-21-7-3-1-5-19(16)21/h1-15,25H/b14-9-. The maximum absolute atomic E-state index is 13.3. The number of H-pyrrole nitrogens is 1. The predicted molar refractivity (Wildman–Crippen MR) is 121 cm³/mol. The molecule has 0 amide bonds. The highest BCUT2D eigenvalue weighted by Crippen LogP contribution is 2.21. The molecule has 0 aliphatic carbocycles. The number of nitro benzene ring substituents is 1. The van der Waals surface area contributed by atoms with Crippen LogP contribution < -0.4 is 5.56 Å². The SMILES string of the molecule is O=c1c2ccccc2nc(/C=C\c2c[nH]c3ccccc23)n1-c1ccc([N+](=O)[O-])cc1. The Morgan fingerprint density at radius 1 is 0.903 bits per heavy atom. The van der Waals surface area contributed by atoms with Gasteiger partial charge in [0, 0.05) is 29.2 Å². The molecule has 0 atom stereocenters. The molecule has 0 fully saturated rings. The van der Waals surface area contributed by atoms with Crippen LogP contribution in [0.1, 0.15) is 11.4 Å². The van der Waals surface area contributed by atoms with Gasteiger partial charge in [-0.2, -0.15) is 0 Å². The first-order valence-corrected chi connectivity index (χ1v) is 9.63. The van der Waals surface area contributed by atoms with Crippen LogP contribution in [0.2, 0.25) is 0 Å². The second kappa shape index (κ2) is 7.38. The van der Waals surface area contributed by atoms with Crippen LogP contribution in [-0.4, -0.2) is 19.5 Å². The normalized spacial score (nSPS) is 11.5. The first-order chi connectivity index (χ1) is 15.1. The van der Waals surface area contributed by atoms with Gasteiger partial charge in [0.15, 0.2) is 0 Å². The minimum absolute atomic E-state index is 0.0403. The summed E-state index contributed by atoms with van der Waals surface area (Å²) < 4.78 is 1.47. The predicted octanol–water partition coefficient (Wildman–Crippen LogP) is 4.95. The molecule has 0 spiro atoms. The van der Waals surface area contributed by atoms with Crippen LogP contribution in [-0.2, 0) is 0 Å². The van der Waals surface area contributed by atoms with Crippen LogP contribution in [0.15, 0.2) is 83.8 Å². The van der Waals surface area contributed by atoms with Crippen molar-refractivity contribution >= 4 is 39.6 Å². The van der Waals surface area contributed by atoms with Crippen molar-refractivity contribution < 1.29 is 4.92 Å². The number of nitro groups is 1. The molecular formula is C24H16N4O3. The van der Waals surface area contributed by atoms with E-state index < -0.39 is 4.92 Å². The van der Waals surface area contributed by atoms with Crippen molar-refractivity contribution in [1.29, 1.82) is 0 Å². The molecule has 5 aromatic rings. The molecule has 7 heteroatoms. The van der Waals surface area contributed by atoms with E-state index in [2.05, 4.69) is 9.97 Å². The van der Waals surface area contributed by atoms with Crippen LogP contribution in [0.5, 0.6) is 0 Å². The molecule has 1 N–H and O–H groups in total. The molecule has 31 heavy (non-hydrogen) atoms. The summed E-state index contributed by atoms with van der Waals surface area (Å²) in [4.78, 5) is 31.7. The number of rotatable bonds is 4. The van der Waals surface area contributed by atoms with Gasteiger partial charge >= 0.3 is 0 Å². The van der Waals surface area contributed by atoms with Gasteiger partial charge in [0.25, 0.3) is 11.2 Å². The van der Waals surface area contributed by atoms with Crippen molar-refractivity contribution in [3.05, 3.63) is 111 Å². The first-order valence-electron chi connectivity index (χ1n) is 9.63. The highest BCUT2D eigenvalue weighted by atomic mass is 16.6. The van der Waals surface area contributed by atoms with Gasteiger partial charge in [0.1, 0.15) is 5.82 Å². The number of fused-ring (bicyclic) bond motifs is 2. The molecular weight excluding hydrogens is 392 g/mol. The van der Waals surface area contributed by atoms with E-state index in [0.717, 1.165) is 16.5 Å². The molecule has 0 radical (unpaired) electrons. The quantitative estimate of drug-likeness (QED) is 0.336. The molecule has 0 unspecified atom stereocenters. The van der Waals surface area contributed by atoms with E-state index in [1.165, 1.54) is 16.7 Å². The Balaban J connectivity index is 1.70. The third-order valence-electron chi connectivity index (χ3n) is 5.15. The van der Waals surface area contributed by atoms with Gasteiger partial charge in [-0.3, -0.25) is 19.5 Å². The Morgan fingerprint density at radius 2 is 1.61 bits per heavy atom. The number of non-ortho nitro benzene ring substituents is 1. The van der Waals surface area contributed by atoms with E-state index in [-0.39, 0.29) is 11.2 Å². The van der Waals surface area contributed by atoms with Crippen molar-refractivity contribution in [3.63, 3.8) is 0 Å². The lowest BCUT2D eigenvalue weighted by Gasteiger charge is -2.11. The number of nitrogens with zero attached hydrogens (tertiary/aromatic N) is 3. The highest BCUT2D eigenvalue weighted by Gasteiger charge is 2.13. The smallest absolute Gasteiger partial charge is 0.269 e. The molecule has 150 valence electrons. The van der Waals surface area contributed by atoms with Crippen LogP contribution in [0.3, 0.4) is 0 Å². The zero-order valence-electron chi connectivity index (χ0n) is 16.2. The number of aromatic nitrogens is 3. The van der Waals surface area contributed by atoms with Crippen molar-refractivity contribution in [2.45, 2.75) is 0 Å². The second-order valence-corrected chi connectivity index (χ2v) is 7.02. The van der Waals surface area contributed by atoms with Crippen molar-refractivity contribution in [1.82, 2.24) is 14.5 Å². The number of nitrogens with one attached hydrogen (secondary N) is 1. The van der Waals surface area contributed by atoms with Crippen LogP contribution in [0.4, 0.5) is 5.69 Å². The minimum Gasteiger partial charge on any atom is -0.361 e. The summed E-state index contributed by atoms with van der Waals surface area (Å²) in [7, 11) is 0. The third-order valence-corrected chi connectivity index (χ3v) is 5.15. The maximum Gasteiger partial charge on any atom is 0.269 e. The number of para-hydroxylation sites is 2. The van der Waals surface area contributed by atoms with Gasteiger partial charge in [-0.15, -0.1) is 0 Å². The Morgan fingerprint density at radius 3 is 2.39 bits per heavy atom. The Kier molecular flexibility index (Phi) is 4.41. The van der Waals surface area contributed by atoms with Crippen molar-refractivity contribution in [3.8, 4) is 5.69 Å². The third kappa shape index (κ3) is 3.28. The topological polar surface area (TPSA) is 93.8 Å². The molecule has 0 saturated carbocycles. The summed E-state index contributed by atoms with van der Waals surface area (Å²) in [5.41, 5.74) is 2.80. The van der Waals surface area contributed by atoms with E-state index in [9.17, 15) is 14.9 Å². The van der Waals surface area contributed by atoms with Gasteiger partial charge in [0.05, 0.1) is 21.5 Å². The van der Waals surface area contributed by atoms with Gasteiger partial charge < -0.3 is 4.98 Å². The Labute approximate surface area is 176 Å². The van der Waals surface area contributed by atoms with Gasteiger partial charge in [0.2, 0.25) is 0 Å². The molecule has 2 heterocycles. The summed E-state index contributed by atoms with van der Waals surface area (Å²) in [6.07, 6.45) is 5.58. The Bertz CT molecular complexity index is 1530. The lowest BCUT2D eigenvalue weighted by molar-refractivity contribution is -0.384. The summed E-state index contributed by atoms with van der Waals surface area (Å²) in [5, 5.41) is 12.5. The fourth-order valence-electron chi connectivity index (χ4n) is 3.63. The molecule has 0 bridgehead atoms. The van der Waals surface area contributed by atoms with E-state index >= 15 is 0 Å². The summed E-state index contributed by atoms with van der Waals surface area (Å²) in [5.74, 6) is 0.433. The second-order valence-electron chi connectivity index (χ2n) is 7.02. The van der Waals surface area contributed by atoms with Crippen molar-refractivity contribution in [2.24, 2.45) is 0 Å². The van der Waals surface area contributed by atoms with Crippen LogP contribution >= 0.6 is 0 Å². The molecule has 7 nitrogen and oxygen atoms in total. The number of aromatic amines is 1. The zero-order chi connectivity index (χ0) is 21.4. The lowest BCUT2D eigenvalue weighted by Crippen LogP contribution is -2.22. The zero-order valence-corrected chi connectivity index (χ0v) is 16.2. The van der Waals surface area contributed by atoms with E-state index in [4.69, 9.17) is 0 Å². The minimum atomic E-state index is -0.469. The molecule has 3 aromatic carbocycles. The average molecular weight is 408 g/mol. The van der Waals surface area contributed by atoms with E-state index in [1.807, 2.05) is 42.6 Å². The molecule has 5 rings (SSSR count). The fraction of sp³-hybridized carbons (Fsp3) is 0. The van der Waals surface area contributed by atoms with Crippen LogP contribution in [0, 0.1) is 10.1 Å². The summed E-state index contributed by atoms with van der Waals surface area (Å²) in [6.45, 7) is 0. The molecule has 2 aromatic heterocycles. The monoisotopic (exact) mass is 408 g/mol. The number of hydrogen-bond acceptors (Lipinski definition) is 4. The average Bonchev–Trinajstić information content (AvgIpc) is 3.21. The molecule has 0 aliphatic heterocycles. The fourth-order valence-corrected chi connectivity index (χ4v) is 3.63. The first kappa shape index (κ1) is 18.5. The van der Waals surface area contributed by atoms with E-state index in [0.29, 0.717) is 22.4 Å². The summed E-state index contributed by atoms with van der Waals surface area (Å²) in [6, 6.07) is 20.9.